The maximum atomic E-state index is 5.67. The molecule has 3 aromatic rings. The van der Waals surface area contributed by atoms with Crippen molar-refractivity contribution in [3.8, 4) is 11.5 Å². The third kappa shape index (κ3) is 4.98. The van der Waals surface area contributed by atoms with E-state index in [0.717, 1.165) is 17.0 Å². The van der Waals surface area contributed by atoms with Gasteiger partial charge in [-0.3, -0.25) is 4.98 Å². The number of thiocarbonyl (C=S) groups is 1. The van der Waals surface area contributed by atoms with Gasteiger partial charge in [0.1, 0.15) is 17.3 Å². The minimum atomic E-state index is 0.541. The second-order valence-corrected chi connectivity index (χ2v) is 6.17. The number of ether oxygens (including phenoxy) is 2. The molecule has 6 nitrogen and oxygen atoms in total. The SMILES string of the molecule is COc1ccc(NC(=S)N(Cc2ccncc2)Cc2ccco2)c(OC)c1. The molecule has 0 fully saturated rings. The largest absolute Gasteiger partial charge is 0.497 e. The summed E-state index contributed by atoms with van der Waals surface area (Å²) < 4.78 is 16.2. The van der Waals surface area contributed by atoms with Crippen LogP contribution in [0, 0.1) is 0 Å². The van der Waals surface area contributed by atoms with Crippen molar-refractivity contribution >= 4 is 23.0 Å². The molecule has 7 heteroatoms. The fourth-order valence-electron chi connectivity index (χ4n) is 2.59. The minimum absolute atomic E-state index is 0.541. The Balaban J connectivity index is 1.80. The smallest absolute Gasteiger partial charge is 0.174 e. The number of methoxy groups -OCH3 is 2. The van der Waals surface area contributed by atoms with Gasteiger partial charge in [0.15, 0.2) is 5.11 Å². The monoisotopic (exact) mass is 383 g/mol. The number of hydrogen-bond donors (Lipinski definition) is 1. The van der Waals surface area contributed by atoms with Gasteiger partial charge in [-0.15, -0.1) is 0 Å². The fourth-order valence-corrected chi connectivity index (χ4v) is 2.83. The van der Waals surface area contributed by atoms with E-state index in [1.807, 2.05) is 47.4 Å². The Morgan fingerprint density at radius 3 is 2.59 bits per heavy atom. The van der Waals surface area contributed by atoms with Crippen LogP contribution in [0.4, 0.5) is 5.69 Å². The van der Waals surface area contributed by atoms with Gasteiger partial charge in [0.25, 0.3) is 0 Å². The van der Waals surface area contributed by atoms with E-state index in [0.29, 0.717) is 29.7 Å². The molecule has 0 spiro atoms. The Kier molecular flexibility index (Phi) is 6.27. The van der Waals surface area contributed by atoms with Crippen LogP contribution in [0.1, 0.15) is 11.3 Å². The Morgan fingerprint density at radius 2 is 1.93 bits per heavy atom. The first-order chi connectivity index (χ1) is 13.2. The van der Waals surface area contributed by atoms with Gasteiger partial charge in [0.2, 0.25) is 0 Å². The van der Waals surface area contributed by atoms with Crippen LogP contribution >= 0.6 is 12.2 Å². The number of hydrogen-bond acceptors (Lipinski definition) is 5. The summed E-state index contributed by atoms with van der Waals surface area (Å²) in [5.41, 5.74) is 1.87. The Morgan fingerprint density at radius 1 is 1.11 bits per heavy atom. The molecule has 0 amide bonds. The molecule has 0 radical (unpaired) electrons. The molecule has 2 heterocycles. The van der Waals surface area contributed by atoms with Crippen LogP contribution < -0.4 is 14.8 Å². The lowest BCUT2D eigenvalue weighted by molar-refractivity contribution is 0.360. The van der Waals surface area contributed by atoms with Crippen molar-refractivity contribution in [1.29, 1.82) is 0 Å². The quantitative estimate of drug-likeness (QED) is 0.617. The van der Waals surface area contributed by atoms with Crippen LogP contribution in [0.5, 0.6) is 11.5 Å². The lowest BCUT2D eigenvalue weighted by atomic mass is 10.2. The average Bonchev–Trinajstić information content (AvgIpc) is 3.21. The van der Waals surface area contributed by atoms with E-state index >= 15 is 0 Å². The number of pyridine rings is 1. The molecule has 0 atom stereocenters. The van der Waals surface area contributed by atoms with Crippen LogP contribution in [-0.2, 0) is 13.1 Å². The highest BCUT2D eigenvalue weighted by Crippen LogP contribution is 2.29. The molecule has 0 saturated carbocycles. The van der Waals surface area contributed by atoms with Crippen molar-refractivity contribution in [3.63, 3.8) is 0 Å². The van der Waals surface area contributed by atoms with Gasteiger partial charge in [-0.2, -0.15) is 0 Å². The normalized spacial score (nSPS) is 10.3. The summed E-state index contributed by atoms with van der Waals surface area (Å²) in [7, 11) is 3.23. The third-order valence-electron chi connectivity index (χ3n) is 3.99. The maximum absolute atomic E-state index is 5.67. The fraction of sp³-hybridized carbons (Fsp3) is 0.200. The highest BCUT2D eigenvalue weighted by molar-refractivity contribution is 7.80. The summed E-state index contributed by atoms with van der Waals surface area (Å²) in [5, 5.41) is 3.83. The zero-order valence-corrected chi connectivity index (χ0v) is 16.0. The van der Waals surface area contributed by atoms with Gasteiger partial charge in [-0.05, 0) is 54.2 Å². The van der Waals surface area contributed by atoms with Gasteiger partial charge < -0.3 is 24.1 Å². The number of nitrogens with zero attached hydrogens (tertiary/aromatic N) is 2. The predicted octanol–water partition coefficient (Wildman–Crippen LogP) is 4.09. The van der Waals surface area contributed by atoms with E-state index < -0.39 is 0 Å². The Bertz CT molecular complexity index is 869. The molecule has 140 valence electrons. The van der Waals surface area contributed by atoms with Crippen molar-refractivity contribution in [2.75, 3.05) is 19.5 Å². The molecule has 0 bridgehead atoms. The lowest BCUT2D eigenvalue weighted by Crippen LogP contribution is -2.33. The van der Waals surface area contributed by atoms with Gasteiger partial charge in [-0.25, -0.2) is 0 Å². The van der Waals surface area contributed by atoms with Crippen LogP contribution in [-0.4, -0.2) is 29.2 Å². The van der Waals surface area contributed by atoms with Crippen molar-refractivity contribution in [3.05, 3.63) is 72.4 Å². The summed E-state index contributed by atoms with van der Waals surface area (Å²) in [4.78, 5) is 6.09. The first kappa shape index (κ1) is 18.7. The second kappa shape index (κ2) is 9.05. The van der Waals surface area contributed by atoms with Crippen molar-refractivity contribution in [2.45, 2.75) is 13.1 Å². The van der Waals surface area contributed by atoms with Gasteiger partial charge in [0, 0.05) is 25.0 Å². The number of furan rings is 1. The summed E-state index contributed by atoms with van der Waals surface area (Å²) in [6.45, 7) is 1.16. The highest BCUT2D eigenvalue weighted by Gasteiger charge is 2.15. The molecular formula is C20H21N3O3S. The van der Waals surface area contributed by atoms with Crippen LogP contribution in [0.25, 0.3) is 0 Å². The van der Waals surface area contributed by atoms with E-state index in [1.54, 1.807) is 32.9 Å². The molecule has 0 unspecified atom stereocenters. The molecular weight excluding hydrogens is 362 g/mol. The first-order valence-electron chi connectivity index (χ1n) is 8.39. The van der Waals surface area contributed by atoms with Gasteiger partial charge in [-0.1, -0.05) is 0 Å². The molecule has 0 aliphatic rings. The first-order valence-corrected chi connectivity index (χ1v) is 8.79. The second-order valence-electron chi connectivity index (χ2n) is 5.79. The number of aromatic nitrogens is 1. The van der Waals surface area contributed by atoms with E-state index in [1.165, 1.54) is 0 Å². The van der Waals surface area contributed by atoms with Crippen molar-refractivity contribution in [1.82, 2.24) is 9.88 Å². The van der Waals surface area contributed by atoms with Crippen LogP contribution in [0.3, 0.4) is 0 Å². The standard InChI is InChI=1S/C20H21N3O3S/c1-24-16-5-6-18(19(12-16)25-2)22-20(27)23(14-17-4-3-11-26-17)13-15-7-9-21-10-8-15/h3-12H,13-14H2,1-2H3,(H,22,27). The van der Waals surface area contributed by atoms with E-state index in [2.05, 4.69) is 10.3 Å². The molecule has 27 heavy (non-hydrogen) atoms. The van der Waals surface area contributed by atoms with Crippen molar-refractivity contribution in [2.24, 2.45) is 0 Å². The predicted molar refractivity (Wildman–Crippen MR) is 108 cm³/mol. The van der Waals surface area contributed by atoms with Crippen LogP contribution in [0.2, 0.25) is 0 Å². The zero-order valence-electron chi connectivity index (χ0n) is 15.2. The van der Waals surface area contributed by atoms with E-state index in [-0.39, 0.29) is 0 Å². The molecule has 0 aliphatic carbocycles. The van der Waals surface area contributed by atoms with Crippen molar-refractivity contribution < 1.29 is 13.9 Å². The summed E-state index contributed by atoms with van der Waals surface area (Å²) >= 11 is 5.67. The number of nitrogens with one attached hydrogen (secondary N) is 1. The Labute approximate surface area is 163 Å². The van der Waals surface area contributed by atoms with Gasteiger partial charge in [0.05, 0.1) is 32.7 Å². The summed E-state index contributed by atoms with van der Waals surface area (Å²) in [5.74, 6) is 2.20. The molecule has 1 aromatic carbocycles. The topological polar surface area (TPSA) is 59.8 Å². The third-order valence-corrected chi connectivity index (χ3v) is 4.35. The molecule has 1 N–H and O–H groups in total. The molecule has 0 saturated heterocycles. The molecule has 0 aliphatic heterocycles. The minimum Gasteiger partial charge on any atom is -0.497 e. The number of anilines is 1. The maximum Gasteiger partial charge on any atom is 0.174 e. The number of benzene rings is 1. The zero-order chi connectivity index (χ0) is 19.1. The molecule has 3 rings (SSSR count). The van der Waals surface area contributed by atoms with E-state index in [4.69, 9.17) is 26.1 Å². The van der Waals surface area contributed by atoms with E-state index in [9.17, 15) is 0 Å². The molecule has 2 aromatic heterocycles. The Hall–Kier alpha value is -3.06. The summed E-state index contributed by atoms with van der Waals surface area (Å²) in [6, 6.07) is 13.3. The summed E-state index contributed by atoms with van der Waals surface area (Å²) in [6.07, 6.45) is 5.19. The highest BCUT2D eigenvalue weighted by atomic mass is 32.1. The average molecular weight is 383 g/mol. The van der Waals surface area contributed by atoms with Crippen LogP contribution in [0.15, 0.2) is 65.5 Å². The number of rotatable bonds is 7. The van der Waals surface area contributed by atoms with Gasteiger partial charge >= 0.3 is 0 Å². The lowest BCUT2D eigenvalue weighted by Gasteiger charge is -2.25.